The van der Waals surface area contributed by atoms with Crippen LogP contribution in [0.25, 0.3) is 0 Å². The summed E-state index contributed by atoms with van der Waals surface area (Å²) in [5, 5.41) is 15.2. The third-order valence-corrected chi connectivity index (χ3v) is 5.72. The molecule has 2 aromatic carbocycles. The number of amides is 1. The molecule has 0 saturated carbocycles. The van der Waals surface area contributed by atoms with Crippen molar-refractivity contribution >= 4 is 38.3 Å². The highest BCUT2D eigenvalue weighted by molar-refractivity contribution is 9.10. The van der Waals surface area contributed by atoms with Crippen molar-refractivity contribution in [2.24, 2.45) is 5.41 Å². The Bertz CT molecular complexity index is 895. The van der Waals surface area contributed by atoms with Gasteiger partial charge in [0.25, 0.3) is 0 Å². The molecule has 0 spiro atoms. The van der Waals surface area contributed by atoms with E-state index in [1.54, 1.807) is 12.3 Å². The Balaban J connectivity index is 2.04. The molecule has 1 aromatic heterocycles. The molecule has 0 fully saturated rings. The SMILES string of the molecule is CC(C)(C(=O)Nc1nccs1)[C@H](c1ccccc1)c1ccc(O)c(Br)c1. The molecule has 1 atom stereocenters. The molecule has 0 unspecified atom stereocenters. The summed E-state index contributed by atoms with van der Waals surface area (Å²) in [5.41, 5.74) is 1.23. The molecular weight excluding hydrogens is 412 g/mol. The van der Waals surface area contributed by atoms with Gasteiger partial charge in [-0.05, 0) is 39.2 Å². The lowest BCUT2D eigenvalue weighted by atomic mass is 9.70. The highest BCUT2D eigenvalue weighted by Crippen LogP contribution is 2.43. The van der Waals surface area contributed by atoms with E-state index < -0.39 is 5.41 Å². The van der Waals surface area contributed by atoms with Crippen LogP contribution in [0, 0.1) is 5.41 Å². The second-order valence-electron chi connectivity index (χ2n) is 6.57. The average Bonchev–Trinajstić information content (AvgIpc) is 3.12. The van der Waals surface area contributed by atoms with Gasteiger partial charge >= 0.3 is 0 Å². The van der Waals surface area contributed by atoms with Gasteiger partial charge in [0.05, 0.1) is 9.89 Å². The lowest BCUT2D eigenvalue weighted by Crippen LogP contribution is -2.37. The number of phenolic OH excluding ortho intramolecular Hbond substituents is 1. The third-order valence-electron chi connectivity index (χ3n) is 4.40. The molecule has 0 aliphatic rings. The number of aromatic hydroxyl groups is 1. The third kappa shape index (κ3) is 3.81. The Morgan fingerprint density at radius 2 is 1.92 bits per heavy atom. The number of nitrogens with one attached hydrogen (secondary N) is 1. The smallest absolute Gasteiger partial charge is 0.232 e. The quantitative estimate of drug-likeness (QED) is 0.568. The fourth-order valence-electron chi connectivity index (χ4n) is 3.05. The summed E-state index contributed by atoms with van der Waals surface area (Å²) in [6, 6.07) is 15.3. The van der Waals surface area contributed by atoms with Gasteiger partial charge in [0.15, 0.2) is 5.13 Å². The topological polar surface area (TPSA) is 62.2 Å². The van der Waals surface area contributed by atoms with Crippen LogP contribution in [-0.4, -0.2) is 16.0 Å². The predicted octanol–water partition coefficient (Wildman–Crippen LogP) is 5.41. The number of rotatable bonds is 5. The zero-order chi connectivity index (χ0) is 18.7. The number of phenols is 1. The van der Waals surface area contributed by atoms with Crippen molar-refractivity contribution in [1.82, 2.24) is 4.98 Å². The largest absolute Gasteiger partial charge is 0.507 e. The second-order valence-corrected chi connectivity index (χ2v) is 8.32. The van der Waals surface area contributed by atoms with E-state index in [0.717, 1.165) is 11.1 Å². The molecular formula is C20H19BrN2O2S. The molecule has 0 aliphatic heterocycles. The highest BCUT2D eigenvalue weighted by atomic mass is 79.9. The van der Waals surface area contributed by atoms with E-state index in [1.165, 1.54) is 11.3 Å². The van der Waals surface area contributed by atoms with E-state index in [2.05, 4.69) is 26.2 Å². The van der Waals surface area contributed by atoms with Gasteiger partial charge < -0.3 is 10.4 Å². The molecule has 6 heteroatoms. The minimum Gasteiger partial charge on any atom is -0.507 e. The Hall–Kier alpha value is -2.18. The number of thiazole rings is 1. The van der Waals surface area contributed by atoms with E-state index in [-0.39, 0.29) is 17.6 Å². The maximum atomic E-state index is 13.1. The van der Waals surface area contributed by atoms with E-state index in [0.29, 0.717) is 9.60 Å². The molecule has 2 N–H and O–H groups in total. The predicted molar refractivity (Wildman–Crippen MR) is 109 cm³/mol. The van der Waals surface area contributed by atoms with Gasteiger partial charge in [-0.3, -0.25) is 4.79 Å². The summed E-state index contributed by atoms with van der Waals surface area (Å²) in [5.74, 6) is -0.128. The van der Waals surface area contributed by atoms with Crippen LogP contribution in [0.4, 0.5) is 5.13 Å². The van der Waals surface area contributed by atoms with Crippen LogP contribution in [0.2, 0.25) is 0 Å². The zero-order valence-corrected chi connectivity index (χ0v) is 16.8. The lowest BCUT2D eigenvalue weighted by molar-refractivity contribution is -0.124. The Labute approximate surface area is 165 Å². The van der Waals surface area contributed by atoms with Crippen LogP contribution in [0.3, 0.4) is 0 Å². The average molecular weight is 431 g/mol. The molecule has 0 radical (unpaired) electrons. The molecule has 26 heavy (non-hydrogen) atoms. The Morgan fingerprint density at radius 3 is 2.54 bits per heavy atom. The van der Waals surface area contributed by atoms with Gasteiger partial charge in [0.1, 0.15) is 5.75 Å². The maximum Gasteiger partial charge on any atom is 0.232 e. The van der Waals surface area contributed by atoms with Crippen LogP contribution in [-0.2, 0) is 4.79 Å². The van der Waals surface area contributed by atoms with Crippen LogP contribution >= 0.6 is 27.3 Å². The summed E-state index contributed by atoms with van der Waals surface area (Å²) >= 11 is 4.77. The molecule has 3 aromatic rings. The van der Waals surface area contributed by atoms with Crippen LogP contribution in [0.5, 0.6) is 5.75 Å². The summed E-state index contributed by atoms with van der Waals surface area (Å²) in [7, 11) is 0. The van der Waals surface area contributed by atoms with E-state index in [4.69, 9.17) is 0 Å². The van der Waals surface area contributed by atoms with Crippen molar-refractivity contribution in [3.8, 4) is 5.75 Å². The molecule has 4 nitrogen and oxygen atoms in total. The summed E-state index contributed by atoms with van der Waals surface area (Å²) < 4.78 is 0.604. The first-order valence-corrected chi connectivity index (χ1v) is 9.81. The first-order chi connectivity index (χ1) is 12.4. The Morgan fingerprint density at radius 1 is 1.19 bits per heavy atom. The number of carbonyl (C=O) groups excluding carboxylic acids is 1. The fraction of sp³-hybridized carbons (Fsp3) is 0.200. The van der Waals surface area contributed by atoms with Gasteiger partial charge in [0, 0.05) is 17.5 Å². The number of aromatic nitrogens is 1. The second kappa shape index (κ2) is 7.60. The summed E-state index contributed by atoms with van der Waals surface area (Å²) in [4.78, 5) is 17.2. The van der Waals surface area contributed by atoms with Gasteiger partial charge in [-0.25, -0.2) is 4.98 Å². The molecule has 134 valence electrons. The number of hydrogen-bond acceptors (Lipinski definition) is 4. The van der Waals surface area contributed by atoms with Crippen molar-refractivity contribution in [2.75, 3.05) is 5.32 Å². The maximum absolute atomic E-state index is 13.1. The Kier molecular flexibility index (Phi) is 5.44. The number of anilines is 1. The minimum atomic E-state index is -0.747. The summed E-state index contributed by atoms with van der Waals surface area (Å²) in [6.45, 7) is 3.85. The van der Waals surface area contributed by atoms with Crippen molar-refractivity contribution in [2.45, 2.75) is 19.8 Å². The van der Waals surface area contributed by atoms with Gasteiger partial charge in [0.2, 0.25) is 5.91 Å². The van der Waals surface area contributed by atoms with Gasteiger partial charge in [-0.1, -0.05) is 50.2 Å². The molecule has 0 saturated heterocycles. The number of hydrogen-bond donors (Lipinski definition) is 2. The van der Waals surface area contributed by atoms with Gasteiger partial charge in [-0.15, -0.1) is 11.3 Å². The summed E-state index contributed by atoms with van der Waals surface area (Å²) in [6.07, 6.45) is 1.67. The monoisotopic (exact) mass is 430 g/mol. The normalized spacial score (nSPS) is 12.6. The molecule has 0 bridgehead atoms. The lowest BCUT2D eigenvalue weighted by Gasteiger charge is -2.34. The molecule has 1 heterocycles. The molecule has 0 aliphatic carbocycles. The minimum absolute atomic E-state index is 0.106. The van der Waals surface area contributed by atoms with E-state index in [1.807, 2.05) is 61.7 Å². The van der Waals surface area contributed by atoms with Crippen LogP contribution < -0.4 is 5.32 Å². The first-order valence-electron chi connectivity index (χ1n) is 8.14. The molecule has 3 rings (SSSR count). The highest BCUT2D eigenvalue weighted by Gasteiger charge is 2.39. The standard InChI is InChI=1S/C20H19BrN2O2S/c1-20(2,18(25)23-19-22-10-11-26-19)17(13-6-4-3-5-7-13)14-8-9-16(24)15(21)12-14/h3-12,17,24H,1-2H3,(H,22,23,25)/t17-/m1/s1. The van der Waals surface area contributed by atoms with Crippen molar-refractivity contribution in [3.63, 3.8) is 0 Å². The van der Waals surface area contributed by atoms with Gasteiger partial charge in [-0.2, -0.15) is 0 Å². The van der Waals surface area contributed by atoms with Crippen molar-refractivity contribution in [1.29, 1.82) is 0 Å². The van der Waals surface area contributed by atoms with E-state index in [9.17, 15) is 9.90 Å². The van der Waals surface area contributed by atoms with E-state index >= 15 is 0 Å². The number of halogens is 1. The first kappa shape index (κ1) is 18.6. The fourth-order valence-corrected chi connectivity index (χ4v) is 3.97. The number of benzene rings is 2. The van der Waals surface area contributed by atoms with Crippen molar-refractivity contribution < 1.29 is 9.90 Å². The van der Waals surface area contributed by atoms with Crippen LogP contribution in [0.1, 0.15) is 30.9 Å². The molecule has 1 amide bonds. The van der Waals surface area contributed by atoms with Crippen LogP contribution in [0.15, 0.2) is 64.6 Å². The van der Waals surface area contributed by atoms with Crippen molar-refractivity contribution in [3.05, 3.63) is 75.7 Å². The zero-order valence-electron chi connectivity index (χ0n) is 14.4. The number of nitrogens with zero attached hydrogens (tertiary/aromatic N) is 1. The number of carbonyl (C=O) groups is 1.